The van der Waals surface area contributed by atoms with Crippen LogP contribution in [0, 0.1) is 0 Å². The van der Waals surface area contributed by atoms with Gasteiger partial charge in [-0.3, -0.25) is 0 Å². The lowest BCUT2D eigenvalue weighted by Gasteiger charge is -2.26. The Kier molecular flexibility index (Phi) is 5.28. The van der Waals surface area contributed by atoms with Crippen molar-refractivity contribution in [2.75, 3.05) is 31.5 Å². The highest BCUT2D eigenvalue weighted by Crippen LogP contribution is 2.29. The zero-order valence-electron chi connectivity index (χ0n) is 14.8. The second-order valence-electron chi connectivity index (χ2n) is 7.20. The maximum Gasteiger partial charge on any atom is 0.133 e. The number of benzene rings is 1. The van der Waals surface area contributed by atoms with Crippen LogP contribution in [-0.2, 0) is 12.8 Å². The van der Waals surface area contributed by atoms with Gasteiger partial charge in [-0.2, -0.15) is 5.10 Å². The number of anilines is 1. The topological polar surface area (TPSA) is 33.1 Å². The first-order valence-corrected chi connectivity index (χ1v) is 10.0. The first kappa shape index (κ1) is 16.9. The number of fused-ring (bicyclic) bond motifs is 1. The molecule has 1 saturated heterocycles. The molecule has 0 radical (unpaired) electrons. The molecule has 0 aliphatic carbocycles. The lowest BCUT2D eigenvalue weighted by molar-refractivity contribution is 0.230. The van der Waals surface area contributed by atoms with E-state index < -0.39 is 0 Å². The summed E-state index contributed by atoms with van der Waals surface area (Å²) < 4.78 is 2.07. The molecule has 1 aromatic carbocycles. The summed E-state index contributed by atoms with van der Waals surface area (Å²) in [5, 5.41) is 9.37. The van der Waals surface area contributed by atoms with E-state index in [9.17, 15) is 0 Å². The Morgan fingerprint density at radius 1 is 1.08 bits per heavy atom. The van der Waals surface area contributed by atoms with Gasteiger partial charge in [0.1, 0.15) is 5.82 Å². The summed E-state index contributed by atoms with van der Waals surface area (Å²) in [7, 11) is 0. The Hall–Kier alpha value is -1.52. The van der Waals surface area contributed by atoms with Crippen molar-refractivity contribution in [3.05, 3.63) is 40.5 Å². The van der Waals surface area contributed by atoms with Crippen LogP contribution in [0.4, 0.5) is 5.82 Å². The first-order chi connectivity index (χ1) is 12.3. The third-order valence-corrected chi connectivity index (χ3v) is 5.61. The third kappa shape index (κ3) is 3.85. The molecule has 2 aromatic rings. The number of hydrogen-bond donors (Lipinski definition) is 1. The molecule has 0 atom stereocenters. The molecule has 3 heterocycles. The predicted molar refractivity (Wildman–Crippen MR) is 104 cm³/mol. The molecular weight excluding hydrogens is 332 g/mol. The minimum atomic E-state index is 0.755. The standard InChI is InChI=1S/C20H27ClN4/c21-16-7-6-8-17(15-16)25-20-18(9-2-3-11-22-20)19(23-25)10-14-24-12-4-1-5-13-24/h6-8,15,22H,1-5,9-14H2. The monoisotopic (exact) mass is 358 g/mol. The van der Waals surface area contributed by atoms with Gasteiger partial charge in [0, 0.05) is 30.1 Å². The summed E-state index contributed by atoms with van der Waals surface area (Å²) in [6.45, 7) is 4.63. The van der Waals surface area contributed by atoms with Gasteiger partial charge < -0.3 is 10.2 Å². The van der Waals surface area contributed by atoms with Crippen LogP contribution in [0.1, 0.15) is 43.4 Å². The second-order valence-corrected chi connectivity index (χ2v) is 7.64. The molecule has 4 nitrogen and oxygen atoms in total. The van der Waals surface area contributed by atoms with Crippen molar-refractivity contribution >= 4 is 17.4 Å². The fourth-order valence-corrected chi connectivity index (χ4v) is 4.20. The molecule has 0 bridgehead atoms. The van der Waals surface area contributed by atoms with E-state index in [0.717, 1.165) is 36.6 Å². The van der Waals surface area contributed by atoms with Gasteiger partial charge in [-0.15, -0.1) is 0 Å². The molecule has 4 rings (SSSR count). The molecule has 1 N–H and O–H groups in total. The molecule has 1 aromatic heterocycles. The van der Waals surface area contributed by atoms with Crippen molar-refractivity contribution in [2.24, 2.45) is 0 Å². The van der Waals surface area contributed by atoms with Crippen molar-refractivity contribution < 1.29 is 0 Å². The molecule has 0 amide bonds. The molecular formula is C20H27ClN4. The molecule has 0 unspecified atom stereocenters. The quantitative estimate of drug-likeness (QED) is 0.884. The largest absolute Gasteiger partial charge is 0.370 e. The number of aromatic nitrogens is 2. The molecule has 2 aliphatic rings. The first-order valence-electron chi connectivity index (χ1n) is 9.64. The summed E-state index contributed by atoms with van der Waals surface area (Å²) in [6, 6.07) is 7.99. The minimum absolute atomic E-state index is 0.755. The highest BCUT2D eigenvalue weighted by atomic mass is 35.5. The van der Waals surface area contributed by atoms with Crippen LogP contribution < -0.4 is 5.32 Å². The molecule has 1 fully saturated rings. The zero-order chi connectivity index (χ0) is 17.1. The third-order valence-electron chi connectivity index (χ3n) is 5.38. The number of halogens is 1. The number of hydrogen-bond acceptors (Lipinski definition) is 3. The van der Waals surface area contributed by atoms with Gasteiger partial charge >= 0.3 is 0 Å². The van der Waals surface area contributed by atoms with E-state index in [2.05, 4.69) is 21.0 Å². The number of piperidine rings is 1. The minimum Gasteiger partial charge on any atom is -0.370 e. The fraction of sp³-hybridized carbons (Fsp3) is 0.550. The maximum atomic E-state index is 6.21. The summed E-state index contributed by atoms with van der Waals surface area (Å²) in [5.41, 5.74) is 3.71. The van der Waals surface area contributed by atoms with E-state index in [1.807, 2.05) is 18.2 Å². The van der Waals surface area contributed by atoms with Crippen molar-refractivity contribution in [2.45, 2.75) is 44.9 Å². The van der Waals surface area contributed by atoms with Gasteiger partial charge in [0.05, 0.1) is 11.4 Å². The van der Waals surface area contributed by atoms with Crippen LogP contribution in [0.25, 0.3) is 5.69 Å². The van der Waals surface area contributed by atoms with Crippen molar-refractivity contribution in [3.63, 3.8) is 0 Å². The van der Waals surface area contributed by atoms with Crippen LogP contribution in [0.3, 0.4) is 0 Å². The average Bonchev–Trinajstić information content (AvgIpc) is 2.81. The normalized spacial score (nSPS) is 18.4. The van der Waals surface area contributed by atoms with E-state index in [-0.39, 0.29) is 0 Å². The van der Waals surface area contributed by atoms with Gasteiger partial charge in [-0.25, -0.2) is 4.68 Å². The number of rotatable bonds is 4. The highest BCUT2D eigenvalue weighted by Gasteiger charge is 2.21. The summed E-state index contributed by atoms with van der Waals surface area (Å²) >= 11 is 6.21. The number of nitrogens with one attached hydrogen (secondary N) is 1. The van der Waals surface area contributed by atoms with Crippen LogP contribution in [0.15, 0.2) is 24.3 Å². The molecule has 0 spiro atoms. The Morgan fingerprint density at radius 2 is 1.96 bits per heavy atom. The van der Waals surface area contributed by atoms with Crippen molar-refractivity contribution in [1.29, 1.82) is 0 Å². The Morgan fingerprint density at radius 3 is 2.80 bits per heavy atom. The van der Waals surface area contributed by atoms with Crippen molar-refractivity contribution in [1.82, 2.24) is 14.7 Å². The van der Waals surface area contributed by atoms with Gasteiger partial charge in [-0.1, -0.05) is 24.1 Å². The number of likely N-dealkylation sites (tertiary alicyclic amines) is 1. The van der Waals surface area contributed by atoms with E-state index >= 15 is 0 Å². The predicted octanol–water partition coefficient (Wildman–Crippen LogP) is 4.30. The number of nitrogens with zero attached hydrogens (tertiary/aromatic N) is 3. The lowest BCUT2D eigenvalue weighted by atomic mass is 10.1. The molecule has 0 saturated carbocycles. The Labute approximate surface area is 155 Å². The van der Waals surface area contributed by atoms with Crippen LogP contribution in [0.2, 0.25) is 5.02 Å². The van der Waals surface area contributed by atoms with Crippen molar-refractivity contribution in [3.8, 4) is 5.69 Å². The fourth-order valence-electron chi connectivity index (χ4n) is 4.02. The highest BCUT2D eigenvalue weighted by molar-refractivity contribution is 6.30. The van der Waals surface area contributed by atoms with Crippen LogP contribution >= 0.6 is 11.6 Å². The van der Waals surface area contributed by atoms with Gasteiger partial charge in [0.25, 0.3) is 0 Å². The summed E-state index contributed by atoms with van der Waals surface area (Å²) in [4.78, 5) is 2.60. The van der Waals surface area contributed by atoms with E-state index in [1.54, 1.807) is 0 Å². The lowest BCUT2D eigenvalue weighted by Crippen LogP contribution is -2.31. The van der Waals surface area contributed by atoms with Crippen LogP contribution in [-0.4, -0.2) is 40.9 Å². The van der Waals surface area contributed by atoms with Gasteiger partial charge in [0.2, 0.25) is 0 Å². The maximum absolute atomic E-state index is 6.21. The SMILES string of the molecule is Clc1cccc(-n2nc(CCN3CCCCC3)c3c2NCCCC3)c1. The molecule has 25 heavy (non-hydrogen) atoms. The Bertz CT molecular complexity index is 718. The van der Waals surface area contributed by atoms with Gasteiger partial charge in [0.15, 0.2) is 0 Å². The zero-order valence-corrected chi connectivity index (χ0v) is 15.6. The smallest absolute Gasteiger partial charge is 0.133 e. The van der Waals surface area contributed by atoms with Gasteiger partial charge in [-0.05, 0) is 63.4 Å². The van der Waals surface area contributed by atoms with E-state index in [4.69, 9.17) is 16.7 Å². The summed E-state index contributed by atoms with van der Waals surface area (Å²) in [5.74, 6) is 1.17. The molecule has 2 aliphatic heterocycles. The average molecular weight is 359 g/mol. The summed E-state index contributed by atoms with van der Waals surface area (Å²) in [6.07, 6.45) is 8.69. The van der Waals surface area contributed by atoms with Crippen LogP contribution in [0.5, 0.6) is 0 Å². The molecule has 5 heteroatoms. The second kappa shape index (κ2) is 7.79. The molecule has 134 valence electrons. The van der Waals surface area contributed by atoms with E-state index in [0.29, 0.717) is 0 Å². The Balaban J connectivity index is 1.62. The van der Waals surface area contributed by atoms with E-state index in [1.165, 1.54) is 62.3 Å².